The maximum absolute atomic E-state index is 13.1. The number of amides is 1. The van der Waals surface area contributed by atoms with E-state index in [1.54, 1.807) is 31.2 Å². The van der Waals surface area contributed by atoms with Gasteiger partial charge in [-0.1, -0.05) is 24.3 Å². The second-order valence-electron chi connectivity index (χ2n) is 5.46. The summed E-state index contributed by atoms with van der Waals surface area (Å²) in [5.74, 6) is -0.684. The Morgan fingerprint density at radius 1 is 1.17 bits per heavy atom. The molecule has 1 atom stereocenters. The summed E-state index contributed by atoms with van der Waals surface area (Å²) < 4.78 is 35.9. The topological polar surface area (TPSA) is 63.2 Å². The molecular weight excluding hydrogens is 329 g/mol. The van der Waals surface area contributed by atoms with Gasteiger partial charge in [-0.2, -0.15) is 0 Å². The lowest BCUT2D eigenvalue weighted by molar-refractivity contribution is -0.117. The molecule has 0 aliphatic rings. The smallest absolute Gasteiger partial charge is 0.244 e. The fourth-order valence-corrected chi connectivity index (χ4v) is 2.76. The van der Waals surface area contributed by atoms with Crippen molar-refractivity contribution in [1.82, 2.24) is 5.32 Å². The number of hydrogen-bond donors (Lipinski definition) is 1. The van der Waals surface area contributed by atoms with E-state index in [0.717, 1.165) is 11.8 Å². The summed E-state index contributed by atoms with van der Waals surface area (Å²) in [5.41, 5.74) is 1.38. The highest BCUT2D eigenvalue weighted by Gasteiger charge is 2.10. The van der Waals surface area contributed by atoms with Crippen LogP contribution in [-0.4, -0.2) is 20.6 Å². The van der Waals surface area contributed by atoms with Gasteiger partial charge in [-0.3, -0.25) is 4.79 Å². The van der Waals surface area contributed by atoms with Crippen LogP contribution >= 0.6 is 0 Å². The maximum atomic E-state index is 13.1. The lowest BCUT2D eigenvalue weighted by atomic mass is 10.1. The van der Waals surface area contributed by atoms with Crippen molar-refractivity contribution in [3.05, 3.63) is 71.6 Å². The van der Waals surface area contributed by atoms with E-state index < -0.39 is 9.84 Å². The molecule has 126 valence electrons. The summed E-state index contributed by atoms with van der Waals surface area (Å²) in [7, 11) is -3.24. The van der Waals surface area contributed by atoms with Crippen molar-refractivity contribution in [3.63, 3.8) is 0 Å². The van der Waals surface area contributed by atoms with Gasteiger partial charge in [0, 0.05) is 12.3 Å². The summed E-state index contributed by atoms with van der Waals surface area (Å²) in [6.07, 6.45) is 4.00. The first-order chi connectivity index (χ1) is 11.3. The van der Waals surface area contributed by atoms with E-state index in [0.29, 0.717) is 5.56 Å². The van der Waals surface area contributed by atoms with Gasteiger partial charge in [0.2, 0.25) is 5.91 Å². The highest BCUT2D eigenvalue weighted by atomic mass is 32.2. The average molecular weight is 347 g/mol. The molecule has 0 spiro atoms. The summed E-state index contributed by atoms with van der Waals surface area (Å²) in [5, 5.41) is 2.77. The number of carbonyl (C=O) groups is 1. The predicted molar refractivity (Wildman–Crippen MR) is 91.5 cm³/mol. The van der Waals surface area contributed by atoms with Gasteiger partial charge in [0.25, 0.3) is 0 Å². The fraction of sp³-hybridized carbons (Fsp3) is 0.167. The molecule has 2 aromatic rings. The highest BCUT2D eigenvalue weighted by Crippen LogP contribution is 2.16. The number of benzene rings is 2. The Morgan fingerprint density at radius 3 is 2.42 bits per heavy atom. The molecule has 6 heteroatoms. The van der Waals surface area contributed by atoms with Crippen LogP contribution in [0, 0.1) is 5.82 Å². The molecule has 0 aliphatic heterocycles. The van der Waals surface area contributed by atoms with Gasteiger partial charge in [0.05, 0.1) is 10.9 Å². The molecule has 24 heavy (non-hydrogen) atoms. The second kappa shape index (κ2) is 7.40. The Hall–Kier alpha value is -2.47. The Balaban J connectivity index is 2.01. The van der Waals surface area contributed by atoms with Crippen molar-refractivity contribution in [2.24, 2.45) is 0 Å². The van der Waals surface area contributed by atoms with Crippen LogP contribution in [0.1, 0.15) is 24.1 Å². The number of hydrogen-bond acceptors (Lipinski definition) is 3. The SMILES string of the molecule is CC(NC(=O)/C=C/c1cccc(F)c1)c1ccc(S(C)(=O)=O)cc1. The second-order valence-corrected chi connectivity index (χ2v) is 7.48. The van der Waals surface area contributed by atoms with Crippen LogP contribution in [0.4, 0.5) is 4.39 Å². The Labute approximate surface area is 140 Å². The summed E-state index contributed by atoms with van der Waals surface area (Å²) in [6.45, 7) is 1.80. The molecule has 1 amide bonds. The third-order valence-electron chi connectivity index (χ3n) is 3.44. The highest BCUT2D eigenvalue weighted by molar-refractivity contribution is 7.90. The van der Waals surface area contributed by atoms with Crippen LogP contribution < -0.4 is 5.32 Å². The zero-order valence-corrected chi connectivity index (χ0v) is 14.2. The molecule has 0 aromatic heterocycles. The number of nitrogens with one attached hydrogen (secondary N) is 1. The number of sulfone groups is 1. The van der Waals surface area contributed by atoms with Gasteiger partial charge in [0.1, 0.15) is 5.82 Å². The third kappa shape index (κ3) is 5.03. The van der Waals surface area contributed by atoms with E-state index in [1.165, 1.54) is 36.4 Å². The van der Waals surface area contributed by atoms with Crippen molar-refractivity contribution in [1.29, 1.82) is 0 Å². The number of rotatable bonds is 5. The molecule has 0 fully saturated rings. The third-order valence-corrected chi connectivity index (χ3v) is 4.57. The van der Waals surface area contributed by atoms with E-state index in [2.05, 4.69) is 5.32 Å². The molecule has 2 aromatic carbocycles. The van der Waals surface area contributed by atoms with E-state index in [9.17, 15) is 17.6 Å². The molecule has 0 bridgehead atoms. The molecule has 0 saturated heterocycles. The monoisotopic (exact) mass is 347 g/mol. The number of halogens is 1. The molecule has 1 unspecified atom stereocenters. The van der Waals surface area contributed by atoms with Crippen molar-refractivity contribution in [3.8, 4) is 0 Å². The van der Waals surface area contributed by atoms with Gasteiger partial charge in [-0.15, -0.1) is 0 Å². The molecule has 0 saturated carbocycles. The molecule has 4 nitrogen and oxygen atoms in total. The summed E-state index contributed by atoms with van der Waals surface area (Å²) >= 11 is 0. The summed E-state index contributed by atoms with van der Waals surface area (Å²) in [4.78, 5) is 12.2. The quantitative estimate of drug-likeness (QED) is 0.845. The van der Waals surface area contributed by atoms with Crippen LogP contribution in [0.15, 0.2) is 59.5 Å². The first kappa shape index (κ1) is 17.9. The lowest BCUT2D eigenvalue weighted by Gasteiger charge is -2.13. The van der Waals surface area contributed by atoms with Gasteiger partial charge in [-0.05, 0) is 48.4 Å². The maximum Gasteiger partial charge on any atom is 0.244 e. The standard InChI is InChI=1S/C18H18FNO3S/c1-13(15-7-9-17(10-8-15)24(2,22)23)20-18(21)11-6-14-4-3-5-16(19)12-14/h3-13H,1-2H3,(H,20,21)/b11-6+. The molecule has 1 N–H and O–H groups in total. The van der Waals surface area contributed by atoms with E-state index in [-0.39, 0.29) is 22.7 Å². The first-order valence-electron chi connectivity index (χ1n) is 7.30. The molecule has 0 radical (unpaired) electrons. The lowest BCUT2D eigenvalue weighted by Crippen LogP contribution is -2.24. The van der Waals surface area contributed by atoms with E-state index >= 15 is 0 Å². The Bertz CT molecular complexity index is 858. The van der Waals surface area contributed by atoms with E-state index in [1.807, 2.05) is 0 Å². The average Bonchev–Trinajstić information content (AvgIpc) is 2.52. The van der Waals surface area contributed by atoms with Crippen LogP contribution in [0.3, 0.4) is 0 Å². The molecular formula is C18H18FNO3S. The number of carbonyl (C=O) groups excluding carboxylic acids is 1. The largest absolute Gasteiger partial charge is 0.346 e. The summed E-state index contributed by atoms with van der Waals surface area (Å²) in [6, 6.07) is 12.0. The zero-order valence-electron chi connectivity index (χ0n) is 13.4. The van der Waals surface area contributed by atoms with Crippen molar-refractivity contribution in [2.45, 2.75) is 17.9 Å². The van der Waals surface area contributed by atoms with Gasteiger partial charge in [-0.25, -0.2) is 12.8 Å². The van der Waals surface area contributed by atoms with Crippen LogP contribution in [0.5, 0.6) is 0 Å². The van der Waals surface area contributed by atoms with Gasteiger partial charge >= 0.3 is 0 Å². The molecule has 0 aliphatic carbocycles. The Kier molecular flexibility index (Phi) is 5.51. The first-order valence-corrected chi connectivity index (χ1v) is 9.19. The minimum Gasteiger partial charge on any atom is -0.346 e. The van der Waals surface area contributed by atoms with Crippen molar-refractivity contribution >= 4 is 21.8 Å². The van der Waals surface area contributed by atoms with Crippen LogP contribution in [0.25, 0.3) is 6.08 Å². The van der Waals surface area contributed by atoms with Gasteiger partial charge in [0.15, 0.2) is 9.84 Å². The zero-order chi connectivity index (χ0) is 17.7. The van der Waals surface area contributed by atoms with Crippen LogP contribution in [0.2, 0.25) is 0 Å². The minimum atomic E-state index is -3.24. The molecule has 0 heterocycles. The van der Waals surface area contributed by atoms with Crippen molar-refractivity contribution in [2.75, 3.05) is 6.26 Å². The van der Waals surface area contributed by atoms with E-state index in [4.69, 9.17) is 0 Å². The minimum absolute atomic E-state index is 0.232. The van der Waals surface area contributed by atoms with Gasteiger partial charge < -0.3 is 5.32 Å². The fourth-order valence-electron chi connectivity index (χ4n) is 2.13. The normalized spacial score (nSPS) is 13.0. The Morgan fingerprint density at radius 2 is 1.83 bits per heavy atom. The predicted octanol–water partition coefficient (Wildman–Crippen LogP) is 3.12. The van der Waals surface area contributed by atoms with Crippen LogP contribution in [-0.2, 0) is 14.6 Å². The molecule has 2 rings (SSSR count). The van der Waals surface area contributed by atoms with Crippen molar-refractivity contribution < 1.29 is 17.6 Å².